The molecule has 0 saturated carbocycles. The molecule has 0 aliphatic rings. The fraction of sp³-hybridized carbons (Fsp3) is 0. The van der Waals surface area contributed by atoms with Gasteiger partial charge in [-0.25, -0.2) is 4.98 Å². The van der Waals surface area contributed by atoms with E-state index in [4.69, 9.17) is 10.5 Å². The molecule has 0 unspecified atom stereocenters. The van der Waals surface area contributed by atoms with E-state index in [1.807, 2.05) is 12.1 Å². The monoisotopic (exact) mass is 220 g/mol. The quantitative estimate of drug-likeness (QED) is 0.844. The summed E-state index contributed by atoms with van der Waals surface area (Å²) in [7, 11) is 0. The summed E-state index contributed by atoms with van der Waals surface area (Å²) >= 11 is 0. The van der Waals surface area contributed by atoms with Crippen LogP contribution in [-0.4, -0.2) is 4.98 Å². The summed E-state index contributed by atoms with van der Waals surface area (Å²) in [6, 6.07) is 14.6. The summed E-state index contributed by atoms with van der Waals surface area (Å²) in [5.41, 5.74) is 2.28. The van der Waals surface area contributed by atoms with Crippen molar-refractivity contribution in [2.45, 2.75) is 0 Å². The number of pyridine rings is 1. The first-order chi connectivity index (χ1) is 8.33. The number of hydrogen-bond donors (Lipinski definition) is 1. The predicted molar refractivity (Wildman–Crippen MR) is 63.4 cm³/mol. The third-order valence-corrected chi connectivity index (χ3v) is 2.18. The number of nitrogens with zero attached hydrogens (tertiary/aromatic N) is 3. The van der Waals surface area contributed by atoms with E-state index in [2.05, 4.69) is 16.4 Å². The molecule has 1 aromatic heterocycles. The van der Waals surface area contributed by atoms with Crippen LogP contribution < -0.4 is 5.32 Å². The van der Waals surface area contributed by atoms with Crippen molar-refractivity contribution >= 4 is 11.4 Å². The van der Waals surface area contributed by atoms with Crippen molar-refractivity contribution in [1.29, 1.82) is 10.5 Å². The minimum atomic E-state index is 0.329. The van der Waals surface area contributed by atoms with Gasteiger partial charge < -0.3 is 5.32 Å². The van der Waals surface area contributed by atoms with Crippen molar-refractivity contribution in [2.24, 2.45) is 0 Å². The van der Waals surface area contributed by atoms with Crippen LogP contribution in [0.5, 0.6) is 0 Å². The summed E-state index contributed by atoms with van der Waals surface area (Å²) in [5.74, 6) is 0. The SMILES string of the molecule is N#Cc1cccc(Nc2cccnc2C#N)c1. The summed E-state index contributed by atoms with van der Waals surface area (Å²) in [6.45, 7) is 0. The Morgan fingerprint density at radius 3 is 2.71 bits per heavy atom. The van der Waals surface area contributed by atoms with Crippen LogP contribution in [0.25, 0.3) is 0 Å². The Bertz CT molecular complexity index is 620. The molecule has 2 aromatic rings. The van der Waals surface area contributed by atoms with Crippen molar-refractivity contribution < 1.29 is 0 Å². The molecule has 1 heterocycles. The van der Waals surface area contributed by atoms with Gasteiger partial charge in [0.2, 0.25) is 0 Å². The minimum absolute atomic E-state index is 0.329. The number of benzene rings is 1. The van der Waals surface area contributed by atoms with Crippen LogP contribution in [0, 0.1) is 22.7 Å². The summed E-state index contributed by atoms with van der Waals surface area (Å²) in [6.07, 6.45) is 1.56. The molecule has 1 aromatic carbocycles. The van der Waals surface area contributed by atoms with Gasteiger partial charge in [-0.05, 0) is 30.3 Å². The van der Waals surface area contributed by atoms with E-state index in [0.29, 0.717) is 16.9 Å². The highest BCUT2D eigenvalue weighted by Gasteiger charge is 2.02. The smallest absolute Gasteiger partial charge is 0.163 e. The molecule has 4 heteroatoms. The molecule has 0 aliphatic heterocycles. The molecule has 17 heavy (non-hydrogen) atoms. The normalized spacial score (nSPS) is 9.06. The fourth-order valence-electron chi connectivity index (χ4n) is 1.42. The van der Waals surface area contributed by atoms with Gasteiger partial charge in [0.15, 0.2) is 5.69 Å². The molecule has 0 amide bonds. The van der Waals surface area contributed by atoms with Crippen LogP contribution in [0.1, 0.15) is 11.3 Å². The van der Waals surface area contributed by atoms with Gasteiger partial charge >= 0.3 is 0 Å². The second-order valence-corrected chi connectivity index (χ2v) is 3.33. The Hall–Kier alpha value is -2.85. The zero-order valence-corrected chi connectivity index (χ0v) is 8.88. The molecule has 0 fully saturated rings. The minimum Gasteiger partial charge on any atom is -0.353 e. The molecule has 0 radical (unpaired) electrons. The zero-order chi connectivity index (χ0) is 12.1. The standard InChI is InChI=1S/C13H8N4/c14-8-10-3-1-4-11(7-10)17-12-5-2-6-16-13(12)9-15/h1-7,17H. The van der Waals surface area contributed by atoms with Gasteiger partial charge in [0.05, 0.1) is 17.3 Å². The van der Waals surface area contributed by atoms with Crippen molar-refractivity contribution in [1.82, 2.24) is 4.98 Å². The highest BCUT2D eigenvalue weighted by molar-refractivity contribution is 5.65. The van der Waals surface area contributed by atoms with E-state index < -0.39 is 0 Å². The highest BCUT2D eigenvalue weighted by Crippen LogP contribution is 2.19. The van der Waals surface area contributed by atoms with Crippen LogP contribution >= 0.6 is 0 Å². The summed E-state index contributed by atoms with van der Waals surface area (Å²) < 4.78 is 0. The van der Waals surface area contributed by atoms with Crippen molar-refractivity contribution in [3.05, 3.63) is 53.9 Å². The van der Waals surface area contributed by atoms with Crippen LogP contribution in [0.15, 0.2) is 42.6 Å². The lowest BCUT2D eigenvalue weighted by atomic mass is 10.2. The Balaban J connectivity index is 2.32. The van der Waals surface area contributed by atoms with E-state index in [1.54, 1.807) is 36.5 Å². The molecule has 0 atom stereocenters. The molecule has 0 spiro atoms. The highest BCUT2D eigenvalue weighted by atomic mass is 14.9. The number of hydrogen-bond acceptors (Lipinski definition) is 4. The number of rotatable bonds is 2. The van der Waals surface area contributed by atoms with Crippen molar-refractivity contribution in [2.75, 3.05) is 5.32 Å². The summed E-state index contributed by atoms with van der Waals surface area (Å²) in [5, 5.41) is 20.7. The third kappa shape index (κ3) is 2.39. The maximum Gasteiger partial charge on any atom is 0.163 e. The van der Waals surface area contributed by atoms with Crippen LogP contribution in [-0.2, 0) is 0 Å². The number of aromatic nitrogens is 1. The van der Waals surface area contributed by atoms with Gasteiger partial charge in [0.25, 0.3) is 0 Å². The Morgan fingerprint density at radius 1 is 1.06 bits per heavy atom. The van der Waals surface area contributed by atoms with Crippen LogP contribution in [0.4, 0.5) is 11.4 Å². The average Bonchev–Trinajstić information content (AvgIpc) is 2.39. The third-order valence-electron chi connectivity index (χ3n) is 2.18. The first-order valence-electron chi connectivity index (χ1n) is 4.96. The lowest BCUT2D eigenvalue weighted by Gasteiger charge is -2.07. The predicted octanol–water partition coefficient (Wildman–Crippen LogP) is 2.57. The van der Waals surface area contributed by atoms with Gasteiger partial charge in [0, 0.05) is 11.9 Å². The number of anilines is 2. The Kier molecular flexibility index (Phi) is 3.00. The zero-order valence-electron chi connectivity index (χ0n) is 8.88. The Labute approximate surface area is 98.8 Å². The van der Waals surface area contributed by atoms with Crippen molar-refractivity contribution in [3.63, 3.8) is 0 Å². The number of nitriles is 2. The van der Waals surface area contributed by atoms with Gasteiger partial charge in [-0.15, -0.1) is 0 Å². The van der Waals surface area contributed by atoms with Gasteiger partial charge in [0.1, 0.15) is 6.07 Å². The van der Waals surface area contributed by atoms with Gasteiger partial charge in [-0.1, -0.05) is 6.07 Å². The largest absolute Gasteiger partial charge is 0.353 e. The summed E-state index contributed by atoms with van der Waals surface area (Å²) in [4.78, 5) is 3.95. The van der Waals surface area contributed by atoms with E-state index in [-0.39, 0.29) is 0 Å². The maximum atomic E-state index is 8.89. The maximum absolute atomic E-state index is 8.89. The van der Waals surface area contributed by atoms with E-state index in [1.165, 1.54) is 0 Å². The Morgan fingerprint density at radius 2 is 1.94 bits per heavy atom. The molecule has 80 valence electrons. The fourth-order valence-corrected chi connectivity index (χ4v) is 1.42. The molecule has 0 saturated heterocycles. The molecular formula is C13H8N4. The average molecular weight is 220 g/mol. The van der Waals surface area contributed by atoms with Crippen molar-refractivity contribution in [3.8, 4) is 12.1 Å². The lowest BCUT2D eigenvalue weighted by Crippen LogP contribution is -1.95. The topological polar surface area (TPSA) is 72.5 Å². The number of nitrogens with one attached hydrogen (secondary N) is 1. The molecule has 2 rings (SSSR count). The van der Waals surface area contributed by atoms with Crippen LogP contribution in [0.3, 0.4) is 0 Å². The first-order valence-corrected chi connectivity index (χ1v) is 4.96. The van der Waals surface area contributed by atoms with Gasteiger partial charge in [-0.3, -0.25) is 0 Å². The molecule has 1 N–H and O–H groups in total. The van der Waals surface area contributed by atoms with E-state index in [0.717, 1.165) is 5.69 Å². The molecular weight excluding hydrogens is 212 g/mol. The molecule has 0 aliphatic carbocycles. The first kappa shape index (κ1) is 10.7. The molecule has 4 nitrogen and oxygen atoms in total. The van der Waals surface area contributed by atoms with Gasteiger partial charge in [-0.2, -0.15) is 10.5 Å². The molecule has 0 bridgehead atoms. The van der Waals surface area contributed by atoms with E-state index >= 15 is 0 Å². The van der Waals surface area contributed by atoms with E-state index in [9.17, 15) is 0 Å². The van der Waals surface area contributed by atoms with Crippen LogP contribution in [0.2, 0.25) is 0 Å². The lowest BCUT2D eigenvalue weighted by molar-refractivity contribution is 1.26. The second-order valence-electron chi connectivity index (χ2n) is 3.33. The second kappa shape index (κ2) is 4.78.